The van der Waals surface area contributed by atoms with E-state index in [9.17, 15) is 9.90 Å². The summed E-state index contributed by atoms with van der Waals surface area (Å²) < 4.78 is 0. The molecule has 1 heterocycles. The molecule has 4 heteroatoms. The first-order chi connectivity index (χ1) is 8.28. The molecule has 104 valence electrons. The molecule has 0 aliphatic carbocycles. The fraction of sp³-hybridized carbons (Fsp3) is 0.786. The van der Waals surface area contributed by atoms with Crippen LogP contribution in [0.15, 0.2) is 12.2 Å². The Morgan fingerprint density at radius 1 is 1.50 bits per heavy atom. The molecular weight excluding hydrogens is 228 g/mol. The van der Waals surface area contributed by atoms with Crippen LogP contribution in [0.3, 0.4) is 0 Å². The molecule has 4 nitrogen and oxygen atoms in total. The maximum absolute atomic E-state index is 12.1. The summed E-state index contributed by atoms with van der Waals surface area (Å²) in [5.74, 6) is 0.354. The molecular formula is C14H26N2O2. The Morgan fingerprint density at radius 3 is 2.44 bits per heavy atom. The number of aliphatic hydroxyl groups is 1. The van der Waals surface area contributed by atoms with Crippen molar-refractivity contribution < 1.29 is 9.90 Å². The van der Waals surface area contributed by atoms with Crippen molar-refractivity contribution in [3.63, 3.8) is 0 Å². The normalized spacial score (nSPS) is 18.6. The van der Waals surface area contributed by atoms with Gasteiger partial charge in [-0.2, -0.15) is 0 Å². The molecule has 0 spiro atoms. The molecule has 1 fully saturated rings. The van der Waals surface area contributed by atoms with Crippen LogP contribution in [0.4, 0.5) is 0 Å². The standard InChI is InChI=1S/C14H26N2O2/c1-6-16(7-11(2)3)13(17)8-15-9-14(18,10-15)12(4)5/h12,18H,2,6-10H2,1,3-5H3. The molecule has 1 aliphatic rings. The highest BCUT2D eigenvalue weighted by atomic mass is 16.3. The molecule has 0 bridgehead atoms. The lowest BCUT2D eigenvalue weighted by Crippen LogP contribution is -2.65. The van der Waals surface area contributed by atoms with Gasteiger partial charge >= 0.3 is 0 Å². The number of β-amino-alcohol motifs (C(OH)–C–C–N with tert-alkyl or cyclic N) is 1. The number of hydrogen-bond acceptors (Lipinski definition) is 3. The molecule has 0 unspecified atom stereocenters. The van der Waals surface area contributed by atoms with Crippen molar-refractivity contribution >= 4 is 5.91 Å². The van der Waals surface area contributed by atoms with E-state index >= 15 is 0 Å². The Kier molecular flexibility index (Phi) is 4.93. The van der Waals surface area contributed by atoms with E-state index in [-0.39, 0.29) is 11.8 Å². The minimum absolute atomic E-state index is 0.117. The number of rotatable bonds is 6. The number of likely N-dealkylation sites (N-methyl/N-ethyl adjacent to an activating group) is 1. The van der Waals surface area contributed by atoms with Gasteiger partial charge in [0.2, 0.25) is 5.91 Å². The molecule has 1 rings (SSSR count). The van der Waals surface area contributed by atoms with Gasteiger partial charge in [0.1, 0.15) is 0 Å². The van der Waals surface area contributed by atoms with Crippen molar-refractivity contribution in [3.05, 3.63) is 12.2 Å². The van der Waals surface area contributed by atoms with Gasteiger partial charge in [0, 0.05) is 26.2 Å². The smallest absolute Gasteiger partial charge is 0.237 e. The lowest BCUT2D eigenvalue weighted by atomic mass is 9.83. The van der Waals surface area contributed by atoms with Gasteiger partial charge in [0.25, 0.3) is 0 Å². The zero-order valence-corrected chi connectivity index (χ0v) is 12.1. The molecule has 0 aromatic rings. The summed E-state index contributed by atoms with van der Waals surface area (Å²) in [5, 5.41) is 10.1. The topological polar surface area (TPSA) is 43.8 Å². The second kappa shape index (κ2) is 5.85. The van der Waals surface area contributed by atoms with Crippen LogP contribution in [-0.4, -0.2) is 59.1 Å². The molecule has 1 aliphatic heterocycles. The molecule has 18 heavy (non-hydrogen) atoms. The average molecular weight is 254 g/mol. The largest absolute Gasteiger partial charge is 0.387 e. The molecule has 0 aromatic heterocycles. The first-order valence-electron chi connectivity index (χ1n) is 6.65. The summed E-state index contributed by atoms with van der Waals surface area (Å²) in [7, 11) is 0. The monoisotopic (exact) mass is 254 g/mol. The van der Waals surface area contributed by atoms with Crippen LogP contribution in [-0.2, 0) is 4.79 Å². The van der Waals surface area contributed by atoms with Gasteiger partial charge < -0.3 is 10.0 Å². The van der Waals surface area contributed by atoms with Gasteiger partial charge in [0.15, 0.2) is 0 Å². The van der Waals surface area contributed by atoms with Crippen LogP contribution in [0.1, 0.15) is 27.7 Å². The predicted molar refractivity (Wildman–Crippen MR) is 73.3 cm³/mol. The number of hydrogen-bond donors (Lipinski definition) is 1. The first-order valence-corrected chi connectivity index (χ1v) is 6.65. The summed E-state index contributed by atoms with van der Waals surface area (Å²) in [5.41, 5.74) is 0.388. The minimum Gasteiger partial charge on any atom is -0.387 e. The highest BCUT2D eigenvalue weighted by Crippen LogP contribution is 2.28. The van der Waals surface area contributed by atoms with E-state index in [1.54, 1.807) is 4.90 Å². The van der Waals surface area contributed by atoms with Crippen molar-refractivity contribution in [1.29, 1.82) is 0 Å². The number of carbonyl (C=O) groups is 1. The summed E-state index contributed by atoms with van der Waals surface area (Å²) >= 11 is 0. The maximum Gasteiger partial charge on any atom is 0.237 e. The lowest BCUT2D eigenvalue weighted by molar-refractivity contribution is -0.148. The number of likely N-dealkylation sites (tertiary alicyclic amines) is 1. The molecule has 0 aromatic carbocycles. The molecule has 0 radical (unpaired) electrons. The highest BCUT2D eigenvalue weighted by Gasteiger charge is 2.44. The fourth-order valence-corrected chi connectivity index (χ4v) is 2.20. The summed E-state index contributed by atoms with van der Waals surface area (Å²) in [6, 6.07) is 0. The van der Waals surface area contributed by atoms with Crippen molar-refractivity contribution in [3.8, 4) is 0 Å². The SMILES string of the molecule is C=C(C)CN(CC)C(=O)CN1CC(O)(C(C)C)C1. The van der Waals surface area contributed by atoms with Crippen LogP contribution in [0.2, 0.25) is 0 Å². The molecule has 1 N–H and O–H groups in total. The predicted octanol–water partition coefficient (Wildman–Crippen LogP) is 1.11. The van der Waals surface area contributed by atoms with E-state index in [2.05, 4.69) is 6.58 Å². The van der Waals surface area contributed by atoms with E-state index in [0.717, 1.165) is 5.57 Å². The van der Waals surface area contributed by atoms with Crippen molar-refractivity contribution in [2.45, 2.75) is 33.3 Å². The van der Waals surface area contributed by atoms with Gasteiger partial charge in [-0.15, -0.1) is 0 Å². The second-order valence-corrected chi connectivity index (χ2v) is 5.77. The van der Waals surface area contributed by atoms with E-state index in [1.165, 1.54) is 0 Å². The fourth-order valence-electron chi connectivity index (χ4n) is 2.20. The van der Waals surface area contributed by atoms with E-state index < -0.39 is 5.60 Å². The van der Waals surface area contributed by atoms with Gasteiger partial charge in [-0.25, -0.2) is 0 Å². The van der Waals surface area contributed by atoms with Gasteiger partial charge in [0.05, 0.1) is 12.1 Å². The summed E-state index contributed by atoms with van der Waals surface area (Å²) in [6.45, 7) is 14.7. The van der Waals surface area contributed by atoms with Crippen LogP contribution >= 0.6 is 0 Å². The zero-order chi connectivity index (χ0) is 13.9. The Balaban J connectivity index is 2.40. The number of nitrogens with zero attached hydrogens (tertiary/aromatic N) is 2. The van der Waals surface area contributed by atoms with Crippen LogP contribution in [0.25, 0.3) is 0 Å². The van der Waals surface area contributed by atoms with E-state index in [1.807, 2.05) is 32.6 Å². The van der Waals surface area contributed by atoms with Gasteiger partial charge in [-0.05, 0) is 19.8 Å². The molecule has 0 atom stereocenters. The Hall–Kier alpha value is -0.870. The van der Waals surface area contributed by atoms with E-state index in [0.29, 0.717) is 32.7 Å². The van der Waals surface area contributed by atoms with Crippen LogP contribution in [0, 0.1) is 5.92 Å². The third-order valence-electron chi connectivity index (χ3n) is 3.62. The first kappa shape index (κ1) is 15.2. The number of amides is 1. The maximum atomic E-state index is 12.1. The van der Waals surface area contributed by atoms with Crippen LogP contribution in [0.5, 0.6) is 0 Å². The van der Waals surface area contributed by atoms with Crippen molar-refractivity contribution in [2.75, 3.05) is 32.7 Å². The average Bonchev–Trinajstić information content (AvgIpc) is 2.22. The molecule has 0 saturated carbocycles. The molecule has 1 amide bonds. The highest BCUT2D eigenvalue weighted by molar-refractivity contribution is 5.78. The summed E-state index contributed by atoms with van der Waals surface area (Å²) in [4.78, 5) is 15.9. The van der Waals surface area contributed by atoms with Crippen molar-refractivity contribution in [1.82, 2.24) is 9.80 Å². The van der Waals surface area contributed by atoms with E-state index in [4.69, 9.17) is 0 Å². The lowest BCUT2D eigenvalue weighted by Gasteiger charge is -2.49. The van der Waals surface area contributed by atoms with Crippen LogP contribution < -0.4 is 0 Å². The van der Waals surface area contributed by atoms with Gasteiger partial charge in [-0.3, -0.25) is 9.69 Å². The Bertz CT molecular complexity index is 320. The third-order valence-corrected chi connectivity index (χ3v) is 3.62. The Morgan fingerprint density at radius 2 is 2.06 bits per heavy atom. The van der Waals surface area contributed by atoms with Gasteiger partial charge in [-0.1, -0.05) is 26.0 Å². The minimum atomic E-state index is -0.605. The quantitative estimate of drug-likeness (QED) is 0.722. The second-order valence-electron chi connectivity index (χ2n) is 5.77. The van der Waals surface area contributed by atoms with Crippen molar-refractivity contribution in [2.24, 2.45) is 5.92 Å². The summed E-state index contributed by atoms with van der Waals surface area (Å²) in [6.07, 6.45) is 0. The molecule has 1 saturated heterocycles. The Labute approximate surface area is 110 Å². The number of carbonyl (C=O) groups excluding carboxylic acids is 1. The third kappa shape index (κ3) is 3.56. The zero-order valence-electron chi connectivity index (χ0n) is 12.1.